The van der Waals surface area contributed by atoms with Crippen molar-refractivity contribution in [3.8, 4) is 6.07 Å². The number of rotatable bonds is 9. The van der Waals surface area contributed by atoms with Crippen molar-refractivity contribution in [3.63, 3.8) is 0 Å². The lowest BCUT2D eigenvalue weighted by molar-refractivity contribution is -0.170. The Bertz CT molecular complexity index is 1880. The molecule has 0 aromatic heterocycles. The molecule has 3 aliphatic rings. The molecule has 0 saturated carbocycles. The van der Waals surface area contributed by atoms with Gasteiger partial charge in [0.25, 0.3) is 5.91 Å². The number of carbonyl (C=O) groups is 2. The average molecular weight is 722 g/mol. The number of halogens is 3. The summed E-state index contributed by atoms with van der Waals surface area (Å²) in [4.78, 5) is 38.9. The van der Waals surface area contributed by atoms with Gasteiger partial charge in [-0.25, -0.2) is 4.99 Å². The number of amidine groups is 1. The zero-order valence-electron chi connectivity index (χ0n) is 27.4. The number of hydrogen-bond donors (Lipinski definition) is 1. The van der Waals surface area contributed by atoms with E-state index < -0.39 is 12.1 Å². The van der Waals surface area contributed by atoms with E-state index in [1.54, 1.807) is 42.3 Å². The molecule has 0 aliphatic carbocycles. The van der Waals surface area contributed by atoms with Crippen molar-refractivity contribution < 1.29 is 27.5 Å². The molecular weight excluding hydrogens is 688 g/mol. The first-order chi connectivity index (χ1) is 24.1. The van der Waals surface area contributed by atoms with Crippen molar-refractivity contribution in [1.29, 1.82) is 5.26 Å². The van der Waals surface area contributed by atoms with E-state index in [4.69, 9.17) is 9.73 Å². The Kier molecular flexibility index (Phi) is 10.7. The summed E-state index contributed by atoms with van der Waals surface area (Å²) in [6, 6.07) is 21.6. The van der Waals surface area contributed by atoms with E-state index in [1.807, 2.05) is 47.1 Å². The Balaban J connectivity index is 1.34. The zero-order valence-corrected chi connectivity index (χ0v) is 29.0. The number of anilines is 3. The molecule has 260 valence electrons. The maximum Gasteiger partial charge on any atom is 0.471 e. The number of nitrogens with zero attached hydrogens (tertiary/aromatic N) is 6. The predicted octanol–water partition coefficient (Wildman–Crippen LogP) is 6.39. The lowest BCUT2D eigenvalue weighted by Crippen LogP contribution is -2.47. The summed E-state index contributed by atoms with van der Waals surface area (Å²) < 4.78 is 46.7. The third-order valence-corrected chi connectivity index (χ3v) is 10.7. The fourth-order valence-corrected chi connectivity index (χ4v) is 8.11. The summed E-state index contributed by atoms with van der Waals surface area (Å²) in [5, 5.41) is 13.8. The molecule has 0 spiro atoms. The van der Waals surface area contributed by atoms with Crippen LogP contribution in [0.5, 0.6) is 0 Å². The summed E-state index contributed by atoms with van der Waals surface area (Å²) in [5.41, 5.74) is 3.36. The molecule has 10 nitrogen and oxygen atoms in total. The SMILES string of the molecule is CCNc1ccc(C#N)cc1N=C1S/C(=C2/Sc3cc(N(CCN4CCOCC4)C(=O)C(F)(F)F)ccc3N2C)C(=O)N1Cc1ccccc1. The highest BCUT2D eigenvalue weighted by Gasteiger charge is 2.44. The number of morpholine rings is 1. The molecule has 6 rings (SSSR count). The van der Waals surface area contributed by atoms with E-state index in [1.165, 1.54) is 29.6 Å². The van der Waals surface area contributed by atoms with Crippen molar-refractivity contribution in [2.24, 2.45) is 4.99 Å². The maximum atomic E-state index is 14.2. The minimum Gasteiger partial charge on any atom is -0.384 e. The van der Waals surface area contributed by atoms with E-state index in [0.717, 1.165) is 10.5 Å². The molecular formula is C35H34F3N7O3S2. The van der Waals surface area contributed by atoms with Crippen LogP contribution in [-0.4, -0.2) is 85.9 Å². The van der Waals surface area contributed by atoms with Crippen LogP contribution in [0, 0.1) is 11.3 Å². The molecule has 0 atom stereocenters. The first-order valence-electron chi connectivity index (χ1n) is 16.0. The largest absolute Gasteiger partial charge is 0.471 e. The normalized spacial score (nSPS) is 18.8. The molecule has 50 heavy (non-hydrogen) atoms. The molecule has 1 N–H and O–H groups in total. The third-order valence-electron chi connectivity index (χ3n) is 8.31. The highest BCUT2D eigenvalue weighted by Crippen LogP contribution is 2.51. The van der Waals surface area contributed by atoms with Gasteiger partial charge in [-0.2, -0.15) is 18.4 Å². The molecule has 2 fully saturated rings. The minimum absolute atomic E-state index is 0.123. The predicted molar refractivity (Wildman–Crippen MR) is 190 cm³/mol. The van der Waals surface area contributed by atoms with Gasteiger partial charge < -0.3 is 19.9 Å². The molecule has 3 aromatic carbocycles. The smallest absolute Gasteiger partial charge is 0.384 e. The van der Waals surface area contributed by atoms with Crippen LogP contribution in [0.25, 0.3) is 0 Å². The number of thioether (sulfide) groups is 2. The third kappa shape index (κ3) is 7.63. The molecule has 0 unspecified atom stereocenters. The zero-order chi connectivity index (χ0) is 35.4. The van der Waals surface area contributed by atoms with Crippen LogP contribution in [0.4, 0.5) is 35.9 Å². The highest BCUT2D eigenvalue weighted by molar-refractivity contribution is 8.19. The lowest BCUT2D eigenvalue weighted by atomic mass is 10.2. The van der Waals surface area contributed by atoms with Gasteiger partial charge in [0, 0.05) is 50.4 Å². The molecule has 15 heteroatoms. The number of nitriles is 1. The molecule has 2 amide bonds. The number of alkyl halides is 3. The van der Waals surface area contributed by atoms with Crippen molar-refractivity contribution in [2.45, 2.75) is 24.5 Å². The Morgan fingerprint density at radius 2 is 1.84 bits per heavy atom. The van der Waals surface area contributed by atoms with Crippen LogP contribution >= 0.6 is 23.5 Å². The molecule has 0 bridgehead atoms. The van der Waals surface area contributed by atoms with Gasteiger partial charge >= 0.3 is 12.1 Å². The summed E-state index contributed by atoms with van der Waals surface area (Å²) in [7, 11) is 1.79. The summed E-state index contributed by atoms with van der Waals surface area (Å²) in [6.45, 7) is 5.08. The maximum absolute atomic E-state index is 14.2. The van der Waals surface area contributed by atoms with Gasteiger partial charge in [0.1, 0.15) is 4.91 Å². The molecule has 3 aromatic rings. The quantitative estimate of drug-likeness (QED) is 0.252. The number of carbonyl (C=O) groups excluding carboxylic acids is 2. The van der Waals surface area contributed by atoms with Crippen LogP contribution in [0.2, 0.25) is 0 Å². The number of aliphatic imine (C=N–C) groups is 1. The van der Waals surface area contributed by atoms with Crippen molar-refractivity contribution in [3.05, 3.63) is 87.8 Å². The number of hydrogen-bond acceptors (Lipinski definition) is 10. The van der Waals surface area contributed by atoms with Crippen molar-refractivity contribution in [1.82, 2.24) is 9.80 Å². The van der Waals surface area contributed by atoms with E-state index in [9.17, 15) is 28.0 Å². The summed E-state index contributed by atoms with van der Waals surface area (Å²) >= 11 is 2.46. The Morgan fingerprint density at radius 1 is 1.08 bits per heavy atom. The highest BCUT2D eigenvalue weighted by atomic mass is 32.2. The van der Waals surface area contributed by atoms with Crippen molar-refractivity contribution >= 4 is 63.3 Å². The average Bonchev–Trinajstić information content (AvgIpc) is 3.60. The van der Waals surface area contributed by atoms with E-state index in [0.29, 0.717) is 75.5 Å². The van der Waals surface area contributed by atoms with Gasteiger partial charge in [-0.05, 0) is 60.6 Å². The van der Waals surface area contributed by atoms with Crippen LogP contribution in [0.1, 0.15) is 18.1 Å². The topological polar surface area (TPSA) is 105 Å². The van der Waals surface area contributed by atoms with Crippen LogP contribution < -0.4 is 15.1 Å². The Hall–Kier alpha value is -4.49. The monoisotopic (exact) mass is 721 g/mol. The second kappa shape index (κ2) is 15.2. The van der Waals surface area contributed by atoms with Gasteiger partial charge in [-0.1, -0.05) is 42.1 Å². The number of fused-ring (bicyclic) bond motifs is 1. The van der Waals surface area contributed by atoms with Crippen molar-refractivity contribution in [2.75, 3.05) is 68.1 Å². The van der Waals surface area contributed by atoms with Gasteiger partial charge in [-0.3, -0.25) is 19.4 Å². The molecule has 3 aliphatic heterocycles. The first kappa shape index (κ1) is 35.3. The second-order valence-electron chi connectivity index (χ2n) is 11.6. The molecule has 0 radical (unpaired) electrons. The van der Waals surface area contributed by atoms with E-state index in [-0.39, 0.29) is 31.2 Å². The van der Waals surface area contributed by atoms with Crippen LogP contribution in [0.15, 0.2) is 86.6 Å². The lowest BCUT2D eigenvalue weighted by Gasteiger charge is -2.30. The second-order valence-corrected chi connectivity index (χ2v) is 13.6. The fraction of sp³-hybridized carbons (Fsp3) is 0.314. The number of nitrogens with one attached hydrogen (secondary N) is 1. The van der Waals surface area contributed by atoms with Crippen LogP contribution in [-0.2, 0) is 20.9 Å². The van der Waals surface area contributed by atoms with Gasteiger partial charge in [0.2, 0.25) is 0 Å². The minimum atomic E-state index is -5.05. The fourth-order valence-electron chi connectivity index (χ4n) is 5.74. The van der Waals surface area contributed by atoms with Gasteiger partial charge in [-0.15, -0.1) is 0 Å². The number of benzene rings is 3. The standard InChI is InChI=1S/C35H34F3N7O3S2/c1-3-40-26-11-9-24(21-39)19-27(26)41-34-45(22-23-7-5-4-6-8-23)31(46)30(50-34)32-42(2)28-12-10-25(20-29(28)49-32)44(33(47)35(36,37)38)14-13-43-15-17-48-18-16-43/h4-12,19-20,40H,3,13-18,22H2,1-2H3/b32-30+,41-34?. The molecule has 2 saturated heterocycles. The molecule has 3 heterocycles. The van der Waals surface area contributed by atoms with Crippen LogP contribution in [0.3, 0.4) is 0 Å². The summed E-state index contributed by atoms with van der Waals surface area (Å²) in [6.07, 6.45) is -5.05. The van der Waals surface area contributed by atoms with Gasteiger partial charge in [0.05, 0.1) is 53.5 Å². The Labute approximate surface area is 296 Å². The Morgan fingerprint density at radius 3 is 2.54 bits per heavy atom. The van der Waals surface area contributed by atoms with Gasteiger partial charge in [0.15, 0.2) is 5.17 Å². The number of amides is 2. The summed E-state index contributed by atoms with van der Waals surface area (Å²) in [5.74, 6) is -2.21. The first-order valence-corrected chi connectivity index (χ1v) is 17.6. The van der Waals surface area contributed by atoms with E-state index in [2.05, 4.69) is 11.4 Å². The van der Waals surface area contributed by atoms with E-state index >= 15 is 0 Å². The number of ether oxygens (including phenoxy) is 1.